The molecular formula is C19H20ClNO5. The maximum absolute atomic E-state index is 12.3. The minimum absolute atomic E-state index is 0.168. The first kappa shape index (κ1) is 19.6. The van der Waals surface area contributed by atoms with Gasteiger partial charge in [0.15, 0.2) is 0 Å². The molecule has 2 aromatic carbocycles. The number of hydrogen-bond donors (Lipinski definition) is 2. The van der Waals surface area contributed by atoms with E-state index in [-0.39, 0.29) is 12.8 Å². The third-order valence-corrected chi connectivity index (χ3v) is 4.11. The molecule has 6 nitrogen and oxygen atoms in total. The summed E-state index contributed by atoms with van der Waals surface area (Å²) in [5, 5.41) is 12.7. The smallest absolute Gasteiger partial charge is 0.307 e. The molecule has 1 atom stereocenters. The fourth-order valence-electron chi connectivity index (χ4n) is 2.49. The van der Waals surface area contributed by atoms with Gasteiger partial charge in [0.05, 0.1) is 25.8 Å². The Morgan fingerprint density at radius 1 is 1.12 bits per heavy atom. The zero-order valence-corrected chi connectivity index (χ0v) is 15.2. The van der Waals surface area contributed by atoms with Crippen molar-refractivity contribution in [1.29, 1.82) is 0 Å². The molecule has 26 heavy (non-hydrogen) atoms. The number of benzene rings is 2. The summed E-state index contributed by atoms with van der Waals surface area (Å²) in [5.41, 5.74) is 1.22. The van der Waals surface area contributed by atoms with Crippen molar-refractivity contribution in [2.24, 2.45) is 5.92 Å². The highest BCUT2D eigenvalue weighted by Crippen LogP contribution is 2.29. The van der Waals surface area contributed by atoms with Gasteiger partial charge < -0.3 is 19.9 Å². The fraction of sp³-hybridized carbons (Fsp3) is 0.263. The maximum Gasteiger partial charge on any atom is 0.307 e. The van der Waals surface area contributed by atoms with Crippen molar-refractivity contribution in [2.45, 2.75) is 12.8 Å². The Balaban J connectivity index is 2.08. The summed E-state index contributed by atoms with van der Waals surface area (Å²) < 4.78 is 10.3. The molecule has 0 fully saturated rings. The molecule has 0 heterocycles. The number of rotatable bonds is 8. The van der Waals surface area contributed by atoms with Crippen LogP contribution in [0.15, 0.2) is 42.5 Å². The van der Waals surface area contributed by atoms with Crippen molar-refractivity contribution in [1.82, 2.24) is 0 Å². The average molecular weight is 378 g/mol. The summed E-state index contributed by atoms with van der Waals surface area (Å²) in [6.45, 7) is 0. The van der Waals surface area contributed by atoms with Crippen LogP contribution >= 0.6 is 11.6 Å². The van der Waals surface area contributed by atoms with Gasteiger partial charge in [-0.2, -0.15) is 0 Å². The lowest BCUT2D eigenvalue weighted by Gasteiger charge is -2.15. The van der Waals surface area contributed by atoms with Crippen LogP contribution in [0.4, 0.5) is 5.69 Å². The van der Waals surface area contributed by atoms with E-state index in [1.807, 2.05) is 0 Å². The number of hydrogen-bond acceptors (Lipinski definition) is 4. The van der Waals surface area contributed by atoms with Gasteiger partial charge in [-0.3, -0.25) is 9.59 Å². The molecule has 0 spiro atoms. The molecule has 2 N–H and O–H groups in total. The minimum Gasteiger partial charge on any atom is -0.497 e. The van der Waals surface area contributed by atoms with Crippen LogP contribution in [0.2, 0.25) is 5.02 Å². The van der Waals surface area contributed by atoms with Gasteiger partial charge in [-0.1, -0.05) is 23.7 Å². The average Bonchev–Trinajstić information content (AvgIpc) is 2.62. The minimum atomic E-state index is -1.03. The molecule has 0 radical (unpaired) electrons. The van der Waals surface area contributed by atoms with E-state index in [4.69, 9.17) is 21.1 Å². The summed E-state index contributed by atoms with van der Waals surface area (Å²) >= 11 is 5.84. The van der Waals surface area contributed by atoms with E-state index < -0.39 is 17.8 Å². The number of carboxylic acid groups (broad SMARTS) is 1. The number of nitrogens with one attached hydrogen (secondary N) is 1. The van der Waals surface area contributed by atoms with E-state index in [0.717, 1.165) is 5.56 Å². The highest BCUT2D eigenvalue weighted by atomic mass is 35.5. The van der Waals surface area contributed by atoms with Crippen molar-refractivity contribution < 1.29 is 24.2 Å². The number of carbonyl (C=O) groups is 2. The predicted octanol–water partition coefficient (Wildman–Crippen LogP) is 3.63. The normalized spacial score (nSPS) is 11.5. The molecule has 0 saturated carbocycles. The van der Waals surface area contributed by atoms with Gasteiger partial charge in [-0.25, -0.2) is 0 Å². The van der Waals surface area contributed by atoms with Crippen molar-refractivity contribution in [2.75, 3.05) is 19.5 Å². The van der Waals surface area contributed by atoms with Crippen LogP contribution in [-0.2, 0) is 16.0 Å². The highest BCUT2D eigenvalue weighted by molar-refractivity contribution is 6.30. The van der Waals surface area contributed by atoms with Gasteiger partial charge in [0.1, 0.15) is 11.5 Å². The third kappa shape index (κ3) is 5.39. The molecule has 0 aliphatic heterocycles. The zero-order chi connectivity index (χ0) is 19.1. The lowest BCUT2D eigenvalue weighted by molar-refractivity contribution is -0.143. The van der Waals surface area contributed by atoms with E-state index >= 15 is 0 Å². The molecule has 1 amide bonds. The summed E-state index contributed by atoms with van der Waals surface area (Å²) in [4.78, 5) is 23.9. The standard InChI is InChI=1S/C19H20ClNO5/c1-25-15-7-8-17(26-2)16(11-15)21-18(22)10-13(19(23)24)9-12-3-5-14(20)6-4-12/h3-8,11,13H,9-10H2,1-2H3,(H,21,22)(H,23,24)/t13-/m1/s1. The quantitative estimate of drug-likeness (QED) is 0.733. The van der Waals surface area contributed by atoms with Crippen LogP contribution in [0.5, 0.6) is 11.5 Å². The molecular weight excluding hydrogens is 358 g/mol. The number of aliphatic carboxylic acids is 1. The van der Waals surface area contributed by atoms with Gasteiger partial charge >= 0.3 is 5.97 Å². The van der Waals surface area contributed by atoms with Crippen LogP contribution < -0.4 is 14.8 Å². The van der Waals surface area contributed by atoms with Gasteiger partial charge in [0.2, 0.25) is 5.91 Å². The van der Waals surface area contributed by atoms with E-state index in [1.165, 1.54) is 14.2 Å². The Morgan fingerprint density at radius 2 is 1.81 bits per heavy atom. The van der Waals surface area contributed by atoms with Gasteiger partial charge in [0.25, 0.3) is 0 Å². The number of methoxy groups -OCH3 is 2. The van der Waals surface area contributed by atoms with Crippen LogP contribution in [0.25, 0.3) is 0 Å². The van der Waals surface area contributed by atoms with E-state index in [2.05, 4.69) is 5.32 Å². The molecule has 138 valence electrons. The Labute approximate surface area is 156 Å². The van der Waals surface area contributed by atoms with Gasteiger partial charge in [0, 0.05) is 17.5 Å². The lowest BCUT2D eigenvalue weighted by atomic mass is 9.96. The largest absolute Gasteiger partial charge is 0.497 e. The van der Waals surface area contributed by atoms with Crippen molar-refractivity contribution in [3.8, 4) is 11.5 Å². The molecule has 0 unspecified atom stereocenters. The summed E-state index contributed by atoms with van der Waals surface area (Å²) in [6.07, 6.45) is 0.0630. The van der Waals surface area contributed by atoms with Crippen LogP contribution in [0.3, 0.4) is 0 Å². The first-order valence-electron chi connectivity index (χ1n) is 7.92. The summed E-state index contributed by atoms with van der Waals surface area (Å²) in [7, 11) is 3.00. The van der Waals surface area contributed by atoms with Crippen molar-refractivity contribution >= 4 is 29.2 Å². The zero-order valence-electron chi connectivity index (χ0n) is 14.5. The molecule has 0 aliphatic rings. The molecule has 0 aliphatic carbocycles. The number of carboxylic acids is 1. The number of halogens is 1. The Kier molecular flexibility index (Phi) is 6.86. The molecule has 2 aromatic rings. The molecule has 2 rings (SSSR count). The summed E-state index contributed by atoms with van der Waals surface area (Å²) in [5.74, 6) is -1.29. The van der Waals surface area contributed by atoms with Crippen molar-refractivity contribution in [3.63, 3.8) is 0 Å². The Hall–Kier alpha value is -2.73. The monoisotopic (exact) mass is 377 g/mol. The molecule has 0 saturated heterocycles. The second kappa shape index (κ2) is 9.10. The first-order valence-corrected chi connectivity index (χ1v) is 8.30. The van der Waals surface area contributed by atoms with Crippen LogP contribution in [-0.4, -0.2) is 31.2 Å². The third-order valence-electron chi connectivity index (χ3n) is 3.86. The van der Waals surface area contributed by atoms with Crippen LogP contribution in [0.1, 0.15) is 12.0 Å². The number of amides is 1. The molecule has 0 aromatic heterocycles. The SMILES string of the molecule is COc1ccc(OC)c(NC(=O)C[C@@H](Cc2ccc(Cl)cc2)C(=O)O)c1. The van der Waals surface area contributed by atoms with Crippen molar-refractivity contribution in [3.05, 3.63) is 53.1 Å². The Bertz CT molecular complexity index is 776. The number of anilines is 1. The fourth-order valence-corrected chi connectivity index (χ4v) is 2.61. The number of carbonyl (C=O) groups excluding carboxylic acids is 1. The second-order valence-electron chi connectivity index (χ2n) is 5.68. The highest BCUT2D eigenvalue weighted by Gasteiger charge is 2.22. The maximum atomic E-state index is 12.3. The molecule has 7 heteroatoms. The topological polar surface area (TPSA) is 84.9 Å². The second-order valence-corrected chi connectivity index (χ2v) is 6.12. The van der Waals surface area contributed by atoms with Gasteiger partial charge in [-0.15, -0.1) is 0 Å². The van der Waals surface area contributed by atoms with E-state index in [9.17, 15) is 14.7 Å². The lowest BCUT2D eigenvalue weighted by Crippen LogP contribution is -2.24. The van der Waals surface area contributed by atoms with Crippen LogP contribution in [0, 0.1) is 5.92 Å². The first-order chi connectivity index (χ1) is 12.4. The molecule has 0 bridgehead atoms. The van der Waals surface area contributed by atoms with Gasteiger partial charge in [-0.05, 0) is 36.2 Å². The van der Waals surface area contributed by atoms with E-state index in [0.29, 0.717) is 22.2 Å². The summed E-state index contributed by atoms with van der Waals surface area (Å²) in [6, 6.07) is 11.9. The predicted molar refractivity (Wildman–Crippen MR) is 99.1 cm³/mol. The number of ether oxygens (including phenoxy) is 2. The Morgan fingerprint density at radius 3 is 2.38 bits per heavy atom. The van der Waals surface area contributed by atoms with E-state index in [1.54, 1.807) is 42.5 Å².